The fourth-order valence-electron chi connectivity index (χ4n) is 3.26. The Morgan fingerprint density at radius 1 is 0.818 bits per heavy atom. The summed E-state index contributed by atoms with van der Waals surface area (Å²) in [6.45, 7) is 5.92. The minimum absolute atomic E-state index is 0.747. The fourth-order valence-corrected chi connectivity index (χ4v) is 3.26. The summed E-state index contributed by atoms with van der Waals surface area (Å²) in [4.78, 5) is 0. The molecule has 0 saturated heterocycles. The first kappa shape index (κ1) is 16.7. The van der Waals surface area contributed by atoms with Gasteiger partial charge in [0.25, 0.3) is 0 Å². The van der Waals surface area contributed by atoms with Crippen LogP contribution in [0.1, 0.15) is 45.1 Å². The van der Waals surface area contributed by atoms with E-state index in [0.29, 0.717) is 0 Å². The van der Waals surface area contributed by atoms with Crippen LogP contribution >= 0.6 is 0 Å². The Balaban J connectivity index is 1.60. The molecule has 1 nitrogen and oxygen atoms in total. The number of nitrogens with zero attached hydrogens (tertiary/aromatic N) is 1. The van der Waals surface area contributed by atoms with Gasteiger partial charge in [-0.05, 0) is 30.7 Å². The van der Waals surface area contributed by atoms with Gasteiger partial charge in [0.1, 0.15) is 0 Å². The number of aryl methyl sites for hydroxylation is 1. The zero-order valence-electron chi connectivity index (χ0n) is 14.1. The molecular weight excluding hydrogens is 266 g/mol. The SMILES string of the molecule is CC(CCCCc1ccccc1)CC(C)C[n+]1ccccc1. The van der Waals surface area contributed by atoms with Gasteiger partial charge < -0.3 is 0 Å². The number of aromatic nitrogens is 1. The van der Waals surface area contributed by atoms with Crippen LogP contribution in [0.3, 0.4) is 0 Å². The number of pyridine rings is 1. The van der Waals surface area contributed by atoms with E-state index in [2.05, 4.69) is 79.3 Å². The van der Waals surface area contributed by atoms with Gasteiger partial charge in [-0.25, -0.2) is 4.57 Å². The third kappa shape index (κ3) is 6.43. The van der Waals surface area contributed by atoms with Crippen LogP contribution in [0.4, 0.5) is 0 Å². The summed E-state index contributed by atoms with van der Waals surface area (Å²) >= 11 is 0. The molecule has 0 fully saturated rings. The van der Waals surface area contributed by atoms with E-state index in [1.165, 1.54) is 37.7 Å². The van der Waals surface area contributed by atoms with Crippen LogP contribution < -0.4 is 4.57 Å². The minimum atomic E-state index is 0.747. The molecule has 1 heteroatoms. The van der Waals surface area contributed by atoms with Crippen molar-refractivity contribution in [2.24, 2.45) is 11.8 Å². The molecule has 0 aliphatic heterocycles. The maximum Gasteiger partial charge on any atom is 0.168 e. The lowest BCUT2D eigenvalue weighted by Gasteiger charge is -2.15. The molecule has 0 spiro atoms. The highest BCUT2D eigenvalue weighted by Crippen LogP contribution is 2.18. The summed E-state index contributed by atoms with van der Waals surface area (Å²) in [6.07, 6.45) is 10.9. The highest BCUT2D eigenvalue weighted by Gasteiger charge is 2.12. The molecule has 22 heavy (non-hydrogen) atoms. The molecule has 118 valence electrons. The maximum atomic E-state index is 2.41. The molecule has 1 aromatic heterocycles. The first-order valence-corrected chi connectivity index (χ1v) is 8.72. The molecule has 0 N–H and O–H groups in total. The lowest BCUT2D eigenvalue weighted by Crippen LogP contribution is -2.36. The summed E-state index contributed by atoms with van der Waals surface area (Å²) in [5, 5.41) is 0. The Morgan fingerprint density at radius 2 is 1.50 bits per heavy atom. The number of hydrogen-bond donors (Lipinski definition) is 0. The van der Waals surface area contributed by atoms with Crippen molar-refractivity contribution in [1.82, 2.24) is 0 Å². The van der Waals surface area contributed by atoms with Gasteiger partial charge in [-0.2, -0.15) is 0 Å². The van der Waals surface area contributed by atoms with E-state index in [0.717, 1.165) is 18.4 Å². The fraction of sp³-hybridized carbons (Fsp3) is 0.476. The highest BCUT2D eigenvalue weighted by atomic mass is 14.9. The normalized spacial score (nSPS) is 13.7. The molecule has 0 aliphatic rings. The van der Waals surface area contributed by atoms with Crippen molar-refractivity contribution >= 4 is 0 Å². The van der Waals surface area contributed by atoms with Crippen molar-refractivity contribution in [1.29, 1.82) is 0 Å². The molecule has 2 rings (SSSR count). The van der Waals surface area contributed by atoms with Crippen LogP contribution in [0.25, 0.3) is 0 Å². The van der Waals surface area contributed by atoms with E-state index in [1.807, 2.05) is 0 Å². The highest BCUT2D eigenvalue weighted by molar-refractivity contribution is 5.14. The van der Waals surface area contributed by atoms with Crippen molar-refractivity contribution in [2.75, 3.05) is 0 Å². The Hall–Kier alpha value is -1.63. The standard InChI is InChI=1S/C21H30N/c1-19(11-7-8-14-21-12-5-3-6-13-21)17-20(2)18-22-15-9-4-10-16-22/h3-6,9-10,12-13,15-16,19-20H,7-8,11,14,17-18H2,1-2H3/q+1. The van der Waals surface area contributed by atoms with Crippen LogP contribution in [0, 0.1) is 11.8 Å². The first-order chi connectivity index (χ1) is 10.7. The van der Waals surface area contributed by atoms with Gasteiger partial charge in [-0.1, -0.05) is 63.1 Å². The van der Waals surface area contributed by atoms with E-state index < -0.39 is 0 Å². The third-order valence-corrected chi connectivity index (χ3v) is 4.36. The van der Waals surface area contributed by atoms with Crippen molar-refractivity contribution in [2.45, 2.75) is 52.5 Å². The summed E-state index contributed by atoms with van der Waals surface area (Å²) in [5.74, 6) is 1.58. The Labute approximate surface area is 136 Å². The summed E-state index contributed by atoms with van der Waals surface area (Å²) in [7, 11) is 0. The summed E-state index contributed by atoms with van der Waals surface area (Å²) in [6, 6.07) is 17.2. The van der Waals surface area contributed by atoms with Crippen LogP contribution in [0.15, 0.2) is 60.9 Å². The molecule has 1 heterocycles. The summed E-state index contributed by atoms with van der Waals surface area (Å²) in [5.41, 5.74) is 1.48. The van der Waals surface area contributed by atoms with Gasteiger partial charge in [0.2, 0.25) is 0 Å². The smallest absolute Gasteiger partial charge is 0.168 e. The second-order valence-electron chi connectivity index (χ2n) is 6.75. The lowest BCUT2D eigenvalue weighted by atomic mass is 9.92. The van der Waals surface area contributed by atoms with Gasteiger partial charge in [0.15, 0.2) is 18.9 Å². The van der Waals surface area contributed by atoms with Gasteiger partial charge in [-0.15, -0.1) is 0 Å². The van der Waals surface area contributed by atoms with Crippen molar-refractivity contribution < 1.29 is 4.57 Å². The number of benzene rings is 1. The molecule has 0 radical (unpaired) electrons. The van der Waals surface area contributed by atoms with E-state index in [4.69, 9.17) is 0 Å². The molecule has 0 saturated carbocycles. The van der Waals surface area contributed by atoms with E-state index in [1.54, 1.807) is 0 Å². The average molecular weight is 296 g/mol. The van der Waals surface area contributed by atoms with Crippen LogP contribution in [-0.2, 0) is 13.0 Å². The molecule has 0 amide bonds. The topological polar surface area (TPSA) is 3.88 Å². The second-order valence-corrected chi connectivity index (χ2v) is 6.75. The zero-order valence-corrected chi connectivity index (χ0v) is 14.1. The van der Waals surface area contributed by atoms with Gasteiger partial charge >= 0.3 is 0 Å². The van der Waals surface area contributed by atoms with Crippen molar-refractivity contribution in [3.8, 4) is 0 Å². The molecule has 2 atom stereocenters. The Bertz CT molecular complexity index is 506. The van der Waals surface area contributed by atoms with Crippen LogP contribution in [0.5, 0.6) is 0 Å². The van der Waals surface area contributed by atoms with Crippen LogP contribution in [0.2, 0.25) is 0 Å². The first-order valence-electron chi connectivity index (χ1n) is 8.72. The van der Waals surface area contributed by atoms with E-state index >= 15 is 0 Å². The molecule has 0 bridgehead atoms. The van der Waals surface area contributed by atoms with Gasteiger partial charge in [-0.3, -0.25) is 0 Å². The van der Waals surface area contributed by atoms with Crippen molar-refractivity contribution in [3.05, 3.63) is 66.5 Å². The quantitative estimate of drug-likeness (QED) is 0.450. The van der Waals surface area contributed by atoms with Gasteiger partial charge in [0, 0.05) is 18.1 Å². The maximum absolute atomic E-state index is 2.41. The van der Waals surface area contributed by atoms with Crippen LogP contribution in [-0.4, -0.2) is 0 Å². The van der Waals surface area contributed by atoms with E-state index in [-0.39, 0.29) is 0 Å². The predicted molar refractivity (Wildman–Crippen MR) is 93.6 cm³/mol. The third-order valence-electron chi connectivity index (χ3n) is 4.36. The van der Waals surface area contributed by atoms with Crippen molar-refractivity contribution in [3.63, 3.8) is 0 Å². The Kier molecular flexibility index (Phi) is 7.15. The number of rotatable bonds is 9. The monoisotopic (exact) mass is 296 g/mol. The predicted octanol–water partition coefficient (Wildman–Crippen LogP) is 5.05. The van der Waals surface area contributed by atoms with E-state index in [9.17, 15) is 0 Å². The largest absolute Gasteiger partial charge is 0.205 e. The summed E-state index contributed by atoms with van der Waals surface area (Å²) < 4.78 is 2.30. The van der Waals surface area contributed by atoms with Gasteiger partial charge in [0.05, 0.1) is 0 Å². The minimum Gasteiger partial charge on any atom is -0.205 e. The molecular formula is C21H30N+. The average Bonchev–Trinajstić information content (AvgIpc) is 2.53. The Morgan fingerprint density at radius 3 is 2.23 bits per heavy atom. The molecule has 1 aromatic carbocycles. The number of unbranched alkanes of at least 4 members (excludes halogenated alkanes) is 1. The lowest BCUT2D eigenvalue weighted by molar-refractivity contribution is -0.703. The molecule has 2 aromatic rings. The molecule has 0 aliphatic carbocycles. The zero-order chi connectivity index (χ0) is 15.6. The second kappa shape index (κ2) is 9.40. The number of hydrogen-bond acceptors (Lipinski definition) is 0. The molecule has 2 unspecified atom stereocenters.